The number of aromatic nitrogens is 2. The third-order valence-corrected chi connectivity index (χ3v) is 4.45. The van der Waals surface area contributed by atoms with Crippen LogP contribution in [0.15, 0.2) is 29.3 Å². The summed E-state index contributed by atoms with van der Waals surface area (Å²) in [7, 11) is -4.11. The van der Waals surface area contributed by atoms with E-state index >= 15 is 0 Å². The highest BCUT2D eigenvalue weighted by Crippen LogP contribution is 2.33. The molecule has 0 saturated heterocycles. The van der Waals surface area contributed by atoms with Crippen molar-refractivity contribution in [1.29, 1.82) is 0 Å². The van der Waals surface area contributed by atoms with Gasteiger partial charge in [-0.1, -0.05) is 0 Å². The summed E-state index contributed by atoms with van der Waals surface area (Å²) < 4.78 is 63.1. The van der Waals surface area contributed by atoms with E-state index in [2.05, 4.69) is 5.10 Å². The Morgan fingerprint density at radius 3 is 2.38 bits per heavy atom. The fourth-order valence-electron chi connectivity index (χ4n) is 2.11. The number of carbonyl (C=O) groups is 1. The van der Waals surface area contributed by atoms with E-state index in [0.717, 1.165) is 16.9 Å². The van der Waals surface area contributed by atoms with Crippen LogP contribution in [-0.2, 0) is 22.6 Å². The largest absolute Gasteiger partial charge is 0.493 e. The fraction of sp³-hybridized carbons (Fsp3) is 0.286. The maximum Gasteiger partial charge on any atom is 0.416 e. The number of rotatable bonds is 4. The lowest BCUT2D eigenvalue weighted by atomic mass is 10.0. The molecule has 0 saturated carbocycles. The van der Waals surface area contributed by atoms with Gasteiger partial charge in [0.1, 0.15) is 5.56 Å². The minimum atomic E-state index is -4.75. The number of hydrogen-bond acceptors (Lipinski definition) is 5. The Morgan fingerprint density at radius 2 is 1.92 bits per heavy atom. The molecule has 0 bridgehead atoms. The van der Waals surface area contributed by atoms with Gasteiger partial charge in [-0.3, -0.25) is 4.79 Å². The van der Waals surface area contributed by atoms with Crippen LogP contribution in [0, 0.1) is 0 Å². The van der Waals surface area contributed by atoms with E-state index < -0.39 is 43.7 Å². The zero-order chi connectivity index (χ0) is 18.3. The van der Waals surface area contributed by atoms with Gasteiger partial charge in [0.15, 0.2) is 9.84 Å². The van der Waals surface area contributed by atoms with E-state index in [0.29, 0.717) is 18.4 Å². The standard InChI is InChI=1S/C14H13F3N2O4S/c1-3-19-13(21)10(7-18-19)12(20)9-5-4-8(14(15,16)17)6-11(9)24(2,22)23/h4-7,21H,3H2,1-2H3. The molecule has 2 rings (SSSR count). The second-order valence-electron chi connectivity index (χ2n) is 5.01. The van der Waals surface area contributed by atoms with Gasteiger partial charge in [0.2, 0.25) is 11.7 Å². The predicted octanol–water partition coefficient (Wildman–Crippen LogP) is 2.26. The topological polar surface area (TPSA) is 89.3 Å². The SMILES string of the molecule is CCn1ncc(C(=O)c2ccc(C(F)(F)F)cc2S(C)(=O)=O)c1O. The van der Waals surface area contributed by atoms with Gasteiger partial charge in [-0.2, -0.15) is 18.3 Å². The number of ketones is 1. The highest BCUT2D eigenvalue weighted by molar-refractivity contribution is 7.90. The number of carbonyl (C=O) groups excluding carboxylic acids is 1. The first-order chi connectivity index (χ1) is 11.0. The highest BCUT2D eigenvalue weighted by atomic mass is 32.2. The van der Waals surface area contributed by atoms with Crippen LogP contribution in [0.5, 0.6) is 5.88 Å². The number of nitrogens with zero attached hydrogens (tertiary/aromatic N) is 2. The van der Waals surface area contributed by atoms with E-state index in [9.17, 15) is 31.5 Å². The number of sulfone groups is 1. The highest BCUT2D eigenvalue weighted by Gasteiger charge is 2.33. The van der Waals surface area contributed by atoms with Crippen LogP contribution in [0.2, 0.25) is 0 Å². The van der Waals surface area contributed by atoms with Crippen LogP contribution in [0.25, 0.3) is 0 Å². The van der Waals surface area contributed by atoms with Gasteiger partial charge >= 0.3 is 6.18 Å². The number of halogens is 3. The normalized spacial score (nSPS) is 12.4. The molecule has 130 valence electrons. The van der Waals surface area contributed by atoms with Crippen molar-refractivity contribution in [2.45, 2.75) is 24.5 Å². The minimum Gasteiger partial charge on any atom is -0.493 e. The summed E-state index contributed by atoms with van der Waals surface area (Å²) in [6.45, 7) is 1.91. The first-order valence-corrected chi connectivity index (χ1v) is 8.56. The lowest BCUT2D eigenvalue weighted by Gasteiger charge is -2.11. The van der Waals surface area contributed by atoms with Crippen LogP contribution in [-0.4, -0.2) is 35.3 Å². The molecule has 0 amide bonds. The van der Waals surface area contributed by atoms with Crippen LogP contribution in [0.4, 0.5) is 13.2 Å². The Balaban J connectivity index is 2.65. The van der Waals surface area contributed by atoms with E-state index in [1.165, 1.54) is 0 Å². The molecule has 0 fully saturated rings. The Hall–Kier alpha value is -2.36. The zero-order valence-electron chi connectivity index (χ0n) is 12.6. The molecule has 1 heterocycles. The molecular weight excluding hydrogens is 349 g/mol. The van der Waals surface area contributed by atoms with Gasteiger partial charge in [0.25, 0.3) is 0 Å². The van der Waals surface area contributed by atoms with Crippen molar-refractivity contribution in [3.05, 3.63) is 41.1 Å². The van der Waals surface area contributed by atoms with Crippen molar-refractivity contribution >= 4 is 15.6 Å². The molecule has 1 aromatic carbocycles. The summed E-state index contributed by atoms with van der Waals surface area (Å²) >= 11 is 0. The molecule has 0 aliphatic rings. The number of hydrogen-bond donors (Lipinski definition) is 1. The van der Waals surface area contributed by atoms with Gasteiger partial charge in [0.05, 0.1) is 16.7 Å². The molecule has 1 N–H and O–H groups in total. The Morgan fingerprint density at radius 1 is 1.29 bits per heavy atom. The molecular formula is C14H13F3N2O4S. The number of aromatic hydroxyl groups is 1. The summed E-state index contributed by atoms with van der Waals surface area (Å²) in [6, 6.07) is 1.80. The maximum absolute atomic E-state index is 12.8. The van der Waals surface area contributed by atoms with Gasteiger partial charge in [-0.15, -0.1) is 0 Å². The summed E-state index contributed by atoms with van der Waals surface area (Å²) in [5.74, 6) is -1.41. The monoisotopic (exact) mass is 362 g/mol. The number of alkyl halides is 3. The van der Waals surface area contributed by atoms with E-state index in [1.807, 2.05) is 0 Å². The summed E-state index contributed by atoms with van der Waals surface area (Å²) in [5.41, 5.74) is -1.94. The molecule has 2 aromatic rings. The van der Waals surface area contributed by atoms with Crippen molar-refractivity contribution in [2.24, 2.45) is 0 Å². The summed E-state index contributed by atoms with van der Waals surface area (Å²) in [6.07, 6.45) is -3.02. The molecule has 0 aliphatic heterocycles. The molecule has 0 spiro atoms. The van der Waals surface area contributed by atoms with E-state index in [-0.39, 0.29) is 12.1 Å². The lowest BCUT2D eigenvalue weighted by molar-refractivity contribution is -0.137. The average Bonchev–Trinajstić information content (AvgIpc) is 2.85. The lowest BCUT2D eigenvalue weighted by Crippen LogP contribution is -2.13. The molecule has 0 aliphatic carbocycles. The van der Waals surface area contributed by atoms with Crippen LogP contribution in [0.1, 0.15) is 28.4 Å². The molecule has 6 nitrogen and oxygen atoms in total. The van der Waals surface area contributed by atoms with Crippen LogP contribution in [0.3, 0.4) is 0 Å². The molecule has 0 atom stereocenters. The van der Waals surface area contributed by atoms with Gasteiger partial charge in [-0.25, -0.2) is 13.1 Å². The van der Waals surface area contributed by atoms with Crippen LogP contribution < -0.4 is 0 Å². The predicted molar refractivity (Wildman–Crippen MR) is 77.6 cm³/mol. The van der Waals surface area contributed by atoms with Gasteiger partial charge in [0, 0.05) is 18.4 Å². The summed E-state index contributed by atoms with van der Waals surface area (Å²) in [5, 5.41) is 13.6. The molecule has 10 heteroatoms. The quantitative estimate of drug-likeness (QED) is 0.843. The van der Waals surface area contributed by atoms with Gasteiger partial charge in [-0.05, 0) is 25.1 Å². The minimum absolute atomic E-state index is 0.255. The first-order valence-electron chi connectivity index (χ1n) is 6.67. The Labute approximate surface area is 135 Å². The van der Waals surface area contributed by atoms with Crippen molar-refractivity contribution in [2.75, 3.05) is 6.26 Å². The number of aryl methyl sites for hydroxylation is 1. The first kappa shape index (κ1) is 18.0. The molecule has 0 radical (unpaired) electrons. The smallest absolute Gasteiger partial charge is 0.416 e. The second-order valence-corrected chi connectivity index (χ2v) is 6.99. The fourth-order valence-corrected chi connectivity index (χ4v) is 3.01. The zero-order valence-corrected chi connectivity index (χ0v) is 13.4. The Bertz CT molecular complexity index is 901. The molecule has 0 unspecified atom stereocenters. The summed E-state index contributed by atoms with van der Waals surface area (Å²) in [4.78, 5) is 11.7. The number of benzene rings is 1. The average molecular weight is 362 g/mol. The third-order valence-electron chi connectivity index (χ3n) is 3.31. The van der Waals surface area contributed by atoms with Crippen molar-refractivity contribution in [3.63, 3.8) is 0 Å². The molecule has 24 heavy (non-hydrogen) atoms. The van der Waals surface area contributed by atoms with E-state index in [4.69, 9.17) is 0 Å². The van der Waals surface area contributed by atoms with Crippen LogP contribution >= 0.6 is 0 Å². The van der Waals surface area contributed by atoms with Crippen molar-refractivity contribution in [1.82, 2.24) is 9.78 Å². The maximum atomic E-state index is 12.8. The van der Waals surface area contributed by atoms with E-state index in [1.54, 1.807) is 6.92 Å². The van der Waals surface area contributed by atoms with Gasteiger partial charge < -0.3 is 5.11 Å². The van der Waals surface area contributed by atoms with Crippen molar-refractivity contribution < 1.29 is 31.5 Å². The molecule has 1 aromatic heterocycles. The third kappa shape index (κ3) is 3.28. The Kier molecular flexibility index (Phi) is 4.44. The van der Waals surface area contributed by atoms with Crippen molar-refractivity contribution in [3.8, 4) is 5.88 Å². The second kappa shape index (κ2) is 5.93.